The Balaban J connectivity index is 0.000000281. The maximum atomic E-state index is 13.0. The number of ether oxygens (including phenoxy) is 1. The summed E-state index contributed by atoms with van der Waals surface area (Å²) in [6.07, 6.45) is 0.448. The minimum absolute atomic E-state index is 0.0244. The van der Waals surface area contributed by atoms with Crippen LogP contribution in [0.1, 0.15) is 45.4 Å². The summed E-state index contributed by atoms with van der Waals surface area (Å²) in [6.45, 7) is 3.68. The van der Waals surface area contributed by atoms with Gasteiger partial charge in [-0.05, 0) is 68.3 Å². The van der Waals surface area contributed by atoms with Gasteiger partial charge < -0.3 is 9.29 Å². The third kappa shape index (κ3) is 9.68. The van der Waals surface area contributed by atoms with E-state index >= 15 is 0 Å². The van der Waals surface area contributed by atoms with Gasteiger partial charge in [0.1, 0.15) is 0 Å². The molecule has 0 N–H and O–H groups in total. The molecule has 244 valence electrons. The molecule has 0 aromatic heterocycles. The van der Waals surface area contributed by atoms with Gasteiger partial charge in [0.05, 0.1) is 27.6 Å². The summed E-state index contributed by atoms with van der Waals surface area (Å²) >= 11 is 0. The van der Waals surface area contributed by atoms with Crippen molar-refractivity contribution in [3.63, 3.8) is 0 Å². The summed E-state index contributed by atoms with van der Waals surface area (Å²) < 4.78 is 98.3. The Hall–Kier alpha value is -3.13. The van der Waals surface area contributed by atoms with Crippen molar-refractivity contribution in [2.45, 2.75) is 81.7 Å². The van der Waals surface area contributed by atoms with Gasteiger partial charge >= 0.3 is 11.2 Å². The zero-order valence-electron chi connectivity index (χ0n) is 24.6. The second kappa shape index (κ2) is 15.9. The van der Waals surface area contributed by atoms with Crippen LogP contribution >= 0.6 is 0 Å². The maximum absolute atomic E-state index is 13.0. The molecule has 0 spiro atoms. The van der Waals surface area contributed by atoms with Crippen molar-refractivity contribution < 1.29 is 44.1 Å². The normalized spacial score (nSPS) is 15.1. The van der Waals surface area contributed by atoms with Gasteiger partial charge in [0.2, 0.25) is 0 Å². The molecule has 0 heterocycles. The molecule has 0 radical (unpaired) electrons. The molecular weight excluding hydrogens is 650 g/mol. The lowest BCUT2D eigenvalue weighted by molar-refractivity contribution is -0.140. The first kappa shape index (κ1) is 36.3. The number of rotatable bonds is 11. The second-order valence-corrected chi connectivity index (χ2v) is 16.1. The van der Waals surface area contributed by atoms with Gasteiger partial charge in [0.25, 0.3) is 0 Å². The van der Waals surface area contributed by atoms with Crippen LogP contribution < -0.4 is 0 Å². The molecular formula is C32H35F3O7S3. The summed E-state index contributed by atoms with van der Waals surface area (Å²) in [5.74, 6) is -0.925. The average molecular weight is 685 g/mol. The minimum atomic E-state index is -6.08. The first-order valence-electron chi connectivity index (χ1n) is 14.1. The number of hydrogen-bond acceptors (Lipinski definition) is 7. The molecule has 1 unspecified atom stereocenters. The maximum Gasteiger partial charge on any atom is 0.364 e. The molecule has 3 aromatic carbocycles. The van der Waals surface area contributed by atoms with Crippen LogP contribution in [0.15, 0.2) is 117 Å². The van der Waals surface area contributed by atoms with Crippen molar-refractivity contribution in [3.05, 3.63) is 97.1 Å². The molecule has 0 amide bonds. The van der Waals surface area contributed by atoms with E-state index in [0.717, 1.165) is 37.0 Å². The Labute approximate surface area is 265 Å². The quantitative estimate of drug-likeness (QED) is 0.0938. The monoisotopic (exact) mass is 684 g/mol. The van der Waals surface area contributed by atoms with E-state index in [1.165, 1.54) is 16.7 Å². The first-order chi connectivity index (χ1) is 21.2. The molecule has 45 heavy (non-hydrogen) atoms. The molecule has 13 heteroatoms. The topological polar surface area (TPSA) is 118 Å². The molecule has 1 aliphatic carbocycles. The molecule has 1 atom stereocenters. The fraction of sp³-hybridized carbons (Fsp3) is 0.344. The van der Waals surface area contributed by atoms with Gasteiger partial charge in [-0.15, -0.1) is 0 Å². The van der Waals surface area contributed by atoms with E-state index in [1.54, 1.807) is 0 Å². The highest BCUT2D eigenvalue weighted by molar-refractivity contribution is 7.97. The summed E-state index contributed by atoms with van der Waals surface area (Å²) in [6, 6.07) is 28.5. The largest absolute Gasteiger partial charge is 0.743 e. The average Bonchev–Trinajstić information content (AvgIpc) is 3.02. The van der Waals surface area contributed by atoms with Crippen molar-refractivity contribution in [1.82, 2.24) is 0 Å². The zero-order chi connectivity index (χ0) is 33.3. The fourth-order valence-corrected chi connectivity index (χ4v) is 8.93. The molecule has 1 aliphatic rings. The van der Waals surface area contributed by atoms with E-state index in [4.69, 9.17) is 0 Å². The van der Waals surface area contributed by atoms with Gasteiger partial charge in [-0.1, -0.05) is 62.2 Å². The van der Waals surface area contributed by atoms with Crippen LogP contribution in [-0.2, 0) is 40.4 Å². The number of halogens is 3. The fourth-order valence-electron chi connectivity index (χ4n) is 4.56. The number of benzene rings is 3. The molecule has 4 rings (SSSR count). The van der Waals surface area contributed by atoms with E-state index in [9.17, 15) is 39.4 Å². The zero-order valence-corrected chi connectivity index (χ0v) is 27.1. The summed E-state index contributed by atoms with van der Waals surface area (Å²) in [7, 11) is -9.56. The first-order valence-corrected chi connectivity index (χ1v) is 18.3. The molecule has 1 fully saturated rings. The standard InChI is InChI=1S/C24H25O2S2.C8H11F3O5S/c25-28(26,23-14-8-3-9-15-23)24-18-16-22(17-19-24)27(20-10-4-1-5-11-20)21-12-6-2-7-13-21;1-5(2)7(12)16-4-3-6(9)8(10,11)17(13,14)15/h1-2,4-7,10-13,16-19,23H,3,8-9,14-15H2;6H,1,3-4H2,2H3,(H,13,14,15)/q+1;/p-1. The Morgan fingerprint density at radius 2 is 1.36 bits per heavy atom. The van der Waals surface area contributed by atoms with Crippen molar-refractivity contribution in [2.75, 3.05) is 6.61 Å². The summed E-state index contributed by atoms with van der Waals surface area (Å²) in [4.78, 5) is 14.8. The third-order valence-corrected chi connectivity index (χ3v) is 12.4. The number of alkyl halides is 3. The van der Waals surface area contributed by atoms with Crippen molar-refractivity contribution in [1.29, 1.82) is 0 Å². The highest BCUT2D eigenvalue weighted by atomic mass is 32.2. The Morgan fingerprint density at radius 3 is 1.80 bits per heavy atom. The molecule has 3 aromatic rings. The highest BCUT2D eigenvalue weighted by Gasteiger charge is 2.47. The van der Waals surface area contributed by atoms with Gasteiger partial charge in [-0.2, -0.15) is 8.78 Å². The van der Waals surface area contributed by atoms with Crippen LogP contribution in [0.5, 0.6) is 0 Å². The van der Waals surface area contributed by atoms with Crippen LogP contribution in [-0.4, -0.2) is 50.6 Å². The van der Waals surface area contributed by atoms with E-state index in [0.29, 0.717) is 4.90 Å². The second-order valence-electron chi connectivity index (χ2n) is 10.4. The Morgan fingerprint density at radius 1 is 0.889 bits per heavy atom. The molecule has 0 bridgehead atoms. The van der Waals surface area contributed by atoms with Gasteiger partial charge in [-0.25, -0.2) is 26.0 Å². The summed E-state index contributed by atoms with van der Waals surface area (Å²) in [5.41, 5.74) is -0.0244. The van der Waals surface area contributed by atoms with Crippen LogP contribution in [0.4, 0.5) is 13.2 Å². The number of hydrogen-bond donors (Lipinski definition) is 0. The van der Waals surface area contributed by atoms with E-state index in [2.05, 4.69) is 59.8 Å². The van der Waals surface area contributed by atoms with Crippen LogP contribution in [0.3, 0.4) is 0 Å². The SMILES string of the molecule is C=C(C)C(=O)OCCC(F)C(F)(F)S(=O)(=O)[O-].O=S(=O)(c1ccc([S+](c2ccccc2)c2ccccc2)cc1)C1CCCCC1. The molecule has 0 aliphatic heterocycles. The Kier molecular flexibility index (Phi) is 12.9. The minimum Gasteiger partial charge on any atom is -0.743 e. The van der Waals surface area contributed by atoms with Gasteiger partial charge in [0.15, 0.2) is 40.8 Å². The van der Waals surface area contributed by atoms with Crippen LogP contribution in [0.2, 0.25) is 0 Å². The van der Waals surface area contributed by atoms with E-state index in [-0.39, 0.29) is 21.7 Å². The van der Waals surface area contributed by atoms with Crippen LogP contribution in [0.25, 0.3) is 0 Å². The number of carbonyl (C=O) groups is 1. The van der Waals surface area contributed by atoms with Crippen molar-refractivity contribution in [2.24, 2.45) is 0 Å². The molecule has 0 saturated heterocycles. The lowest BCUT2D eigenvalue weighted by Gasteiger charge is -2.23. The third-order valence-electron chi connectivity index (χ3n) is 6.99. The van der Waals surface area contributed by atoms with E-state index < -0.39 is 50.4 Å². The molecule has 7 nitrogen and oxygen atoms in total. The number of sulfone groups is 1. The van der Waals surface area contributed by atoms with Gasteiger partial charge in [0, 0.05) is 12.0 Å². The number of carbonyl (C=O) groups excluding carboxylic acids is 1. The highest BCUT2D eigenvalue weighted by Crippen LogP contribution is 2.34. The van der Waals surface area contributed by atoms with Crippen molar-refractivity contribution in [3.8, 4) is 0 Å². The van der Waals surface area contributed by atoms with Crippen molar-refractivity contribution >= 4 is 36.8 Å². The number of esters is 1. The van der Waals surface area contributed by atoms with Gasteiger partial charge in [-0.3, -0.25) is 0 Å². The smallest absolute Gasteiger partial charge is 0.364 e. The molecule has 1 saturated carbocycles. The van der Waals surface area contributed by atoms with Crippen LogP contribution in [0, 0.1) is 0 Å². The van der Waals surface area contributed by atoms with E-state index in [1.807, 2.05) is 36.4 Å². The Bertz CT molecular complexity index is 1590. The lowest BCUT2D eigenvalue weighted by atomic mass is 10.0. The lowest BCUT2D eigenvalue weighted by Crippen LogP contribution is -2.39. The predicted molar refractivity (Wildman–Crippen MR) is 165 cm³/mol. The predicted octanol–water partition coefficient (Wildman–Crippen LogP) is 6.86. The summed E-state index contributed by atoms with van der Waals surface area (Å²) in [5, 5.41) is -5.25.